The molecule has 0 saturated carbocycles. The van der Waals surface area contributed by atoms with Crippen molar-refractivity contribution in [2.75, 3.05) is 19.6 Å². The SMILES string of the molecule is CCCN1CCCNC1=S.[Pt]. The van der Waals surface area contributed by atoms with Crippen LogP contribution in [0.25, 0.3) is 0 Å². The third-order valence-electron chi connectivity index (χ3n) is 1.66. The molecule has 0 aliphatic carbocycles. The molecule has 0 spiro atoms. The van der Waals surface area contributed by atoms with Crippen molar-refractivity contribution in [1.29, 1.82) is 0 Å². The van der Waals surface area contributed by atoms with E-state index in [4.69, 9.17) is 12.2 Å². The Kier molecular flexibility index (Phi) is 6.16. The van der Waals surface area contributed by atoms with Crippen LogP contribution in [-0.4, -0.2) is 29.6 Å². The van der Waals surface area contributed by atoms with E-state index in [1.807, 2.05) is 0 Å². The molecule has 1 aliphatic rings. The molecule has 1 N–H and O–H groups in total. The summed E-state index contributed by atoms with van der Waals surface area (Å²) in [5.41, 5.74) is 0. The monoisotopic (exact) mass is 353 g/mol. The van der Waals surface area contributed by atoms with Gasteiger partial charge in [0.25, 0.3) is 0 Å². The van der Waals surface area contributed by atoms with E-state index in [9.17, 15) is 0 Å². The summed E-state index contributed by atoms with van der Waals surface area (Å²) >= 11 is 5.11. The van der Waals surface area contributed by atoms with Crippen LogP contribution in [0.1, 0.15) is 19.8 Å². The van der Waals surface area contributed by atoms with Gasteiger partial charge in [-0.2, -0.15) is 0 Å². The molecule has 0 aromatic carbocycles. The van der Waals surface area contributed by atoms with Crippen LogP contribution in [0.15, 0.2) is 0 Å². The molecular weight excluding hydrogens is 339 g/mol. The average molecular weight is 353 g/mol. The predicted molar refractivity (Wildman–Crippen MR) is 47.1 cm³/mol. The minimum Gasteiger partial charge on any atom is -0.362 e. The third kappa shape index (κ3) is 3.52. The molecule has 1 saturated heterocycles. The van der Waals surface area contributed by atoms with Crippen molar-refractivity contribution in [1.82, 2.24) is 10.2 Å². The summed E-state index contributed by atoms with van der Waals surface area (Å²) in [6.45, 7) is 5.47. The third-order valence-corrected chi connectivity index (χ3v) is 2.06. The Morgan fingerprint density at radius 3 is 2.91 bits per heavy atom. The van der Waals surface area contributed by atoms with Crippen molar-refractivity contribution in [2.24, 2.45) is 0 Å². The molecule has 1 fully saturated rings. The molecule has 1 heterocycles. The van der Waals surface area contributed by atoms with Crippen LogP contribution in [0, 0.1) is 0 Å². The Hall–Kier alpha value is 0.378. The van der Waals surface area contributed by atoms with E-state index in [1.165, 1.54) is 12.8 Å². The molecule has 0 amide bonds. The second kappa shape index (κ2) is 5.96. The van der Waals surface area contributed by atoms with Crippen LogP contribution in [0.2, 0.25) is 0 Å². The van der Waals surface area contributed by atoms with Crippen molar-refractivity contribution >= 4 is 17.3 Å². The molecule has 0 bridgehead atoms. The number of thiocarbonyl (C=S) groups is 1. The fourth-order valence-corrected chi connectivity index (χ4v) is 1.45. The Morgan fingerprint density at radius 1 is 1.64 bits per heavy atom. The van der Waals surface area contributed by atoms with E-state index >= 15 is 0 Å². The quantitative estimate of drug-likeness (QED) is 0.745. The van der Waals surface area contributed by atoms with Gasteiger partial charge in [0.2, 0.25) is 0 Å². The van der Waals surface area contributed by atoms with E-state index in [0.717, 1.165) is 24.7 Å². The molecular formula is C7H14N2PtS. The van der Waals surface area contributed by atoms with E-state index < -0.39 is 0 Å². The van der Waals surface area contributed by atoms with Gasteiger partial charge in [-0.05, 0) is 25.1 Å². The number of hydrogen-bond donors (Lipinski definition) is 1. The van der Waals surface area contributed by atoms with E-state index in [2.05, 4.69) is 17.1 Å². The van der Waals surface area contributed by atoms with Crippen LogP contribution in [0.3, 0.4) is 0 Å². The topological polar surface area (TPSA) is 15.3 Å². The first-order valence-electron chi connectivity index (χ1n) is 3.87. The average Bonchev–Trinajstić information content (AvgIpc) is 1.94. The zero-order valence-corrected chi connectivity index (χ0v) is 9.80. The zero-order valence-electron chi connectivity index (χ0n) is 6.71. The summed E-state index contributed by atoms with van der Waals surface area (Å²) in [5, 5.41) is 4.11. The van der Waals surface area contributed by atoms with Crippen molar-refractivity contribution in [3.63, 3.8) is 0 Å². The molecule has 0 aromatic heterocycles. The van der Waals surface area contributed by atoms with E-state index in [1.54, 1.807) is 0 Å². The van der Waals surface area contributed by atoms with Gasteiger partial charge in [-0.25, -0.2) is 0 Å². The molecule has 68 valence electrons. The van der Waals surface area contributed by atoms with Gasteiger partial charge in [0.1, 0.15) is 0 Å². The van der Waals surface area contributed by atoms with Gasteiger partial charge in [0, 0.05) is 40.7 Å². The maximum Gasteiger partial charge on any atom is 0.168 e. The molecule has 0 aromatic rings. The summed E-state index contributed by atoms with van der Waals surface area (Å²) in [7, 11) is 0. The molecule has 1 aliphatic heterocycles. The summed E-state index contributed by atoms with van der Waals surface area (Å²) in [6.07, 6.45) is 2.40. The predicted octanol–water partition coefficient (Wildman–Crippen LogP) is 0.974. The van der Waals surface area contributed by atoms with Gasteiger partial charge in [-0.1, -0.05) is 6.92 Å². The molecule has 0 unspecified atom stereocenters. The summed E-state index contributed by atoms with van der Waals surface area (Å²) in [5.74, 6) is 0. The largest absolute Gasteiger partial charge is 0.362 e. The van der Waals surface area contributed by atoms with Crippen molar-refractivity contribution in [3.05, 3.63) is 0 Å². The minimum atomic E-state index is 0. The second-order valence-corrected chi connectivity index (χ2v) is 2.96. The van der Waals surface area contributed by atoms with Gasteiger partial charge >= 0.3 is 0 Å². The maximum atomic E-state index is 5.11. The molecule has 11 heavy (non-hydrogen) atoms. The standard InChI is InChI=1S/C7H14N2S.Pt/c1-2-5-9-6-3-4-8-7(9)10;/h2-6H2,1H3,(H,8,10);. The molecule has 0 radical (unpaired) electrons. The smallest absolute Gasteiger partial charge is 0.168 e. The first-order chi connectivity index (χ1) is 4.84. The van der Waals surface area contributed by atoms with Crippen LogP contribution < -0.4 is 5.32 Å². The van der Waals surface area contributed by atoms with Gasteiger partial charge in [-0.3, -0.25) is 0 Å². The Bertz CT molecular complexity index is 128. The normalized spacial score (nSPS) is 17.2. The fraction of sp³-hybridized carbons (Fsp3) is 0.857. The number of hydrogen-bond acceptors (Lipinski definition) is 1. The molecule has 4 heteroatoms. The van der Waals surface area contributed by atoms with Crippen LogP contribution >= 0.6 is 12.2 Å². The minimum absolute atomic E-state index is 0. The second-order valence-electron chi connectivity index (χ2n) is 2.57. The van der Waals surface area contributed by atoms with E-state index in [0.29, 0.717) is 0 Å². The Balaban J connectivity index is 0.000001000. The van der Waals surface area contributed by atoms with Gasteiger partial charge < -0.3 is 10.2 Å². The van der Waals surface area contributed by atoms with Crippen molar-refractivity contribution < 1.29 is 21.1 Å². The Morgan fingerprint density at radius 2 is 2.36 bits per heavy atom. The number of rotatable bonds is 2. The first-order valence-corrected chi connectivity index (χ1v) is 4.28. The van der Waals surface area contributed by atoms with Crippen molar-refractivity contribution in [3.8, 4) is 0 Å². The fourth-order valence-electron chi connectivity index (χ4n) is 1.16. The number of nitrogens with one attached hydrogen (secondary N) is 1. The first kappa shape index (κ1) is 11.4. The summed E-state index contributed by atoms with van der Waals surface area (Å²) in [4.78, 5) is 2.23. The van der Waals surface area contributed by atoms with E-state index in [-0.39, 0.29) is 21.1 Å². The van der Waals surface area contributed by atoms with Crippen LogP contribution in [0.5, 0.6) is 0 Å². The van der Waals surface area contributed by atoms with Crippen LogP contribution in [-0.2, 0) is 21.1 Å². The summed E-state index contributed by atoms with van der Waals surface area (Å²) < 4.78 is 0. The maximum absolute atomic E-state index is 5.11. The van der Waals surface area contributed by atoms with Crippen LogP contribution in [0.4, 0.5) is 0 Å². The number of nitrogens with zero attached hydrogens (tertiary/aromatic N) is 1. The molecule has 0 atom stereocenters. The van der Waals surface area contributed by atoms with Gasteiger partial charge in [-0.15, -0.1) is 0 Å². The molecule has 1 rings (SSSR count). The zero-order chi connectivity index (χ0) is 7.40. The van der Waals surface area contributed by atoms with Gasteiger partial charge in [0.05, 0.1) is 0 Å². The summed E-state index contributed by atoms with van der Waals surface area (Å²) in [6, 6.07) is 0. The Labute approximate surface area is 88.0 Å². The van der Waals surface area contributed by atoms with Crippen molar-refractivity contribution in [2.45, 2.75) is 19.8 Å². The molecule has 2 nitrogen and oxygen atoms in total. The van der Waals surface area contributed by atoms with Gasteiger partial charge in [0.15, 0.2) is 5.11 Å².